The zero-order valence-electron chi connectivity index (χ0n) is 7.63. The van der Waals surface area contributed by atoms with E-state index in [-0.39, 0.29) is 37.4 Å². The molecule has 5 heteroatoms. The summed E-state index contributed by atoms with van der Waals surface area (Å²) in [5, 5.41) is 7.72. The molecule has 0 amide bonds. The molecule has 0 bridgehead atoms. The minimum Gasteiger partial charge on any atom is -1.00 e. The first-order valence-corrected chi connectivity index (χ1v) is 2.80. The molecule has 0 aromatic rings. The fourth-order valence-electron chi connectivity index (χ4n) is 0. The van der Waals surface area contributed by atoms with Gasteiger partial charge >= 0.3 is 35.5 Å². The third-order valence-electron chi connectivity index (χ3n) is 0.469. The van der Waals surface area contributed by atoms with E-state index in [1.54, 1.807) is 6.92 Å². The van der Waals surface area contributed by atoms with E-state index >= 15 is 0 Å². The summed E-state index contributed by atoms with van der Waals surface area (Å²) in [5.74, 6) is -0.745. The van der Waals surface area contributed by atoms with E-state index in [9.17, 15) is 4.79 Å². The molecule has 0 spiro atoms. The molecular formula is C5H15N2NaO2. The largest absolute Gasteiger partial charge is 1.00 e. The molecule has 0 fully saturated rings. The van der Waals surface area contributed by atoms with Crippen molar-refractivity contribution in [1.29, 1.82) is 0 Å². The second-order valence-electron chi connectivity index (χ2n) is 1.32. The van der Waals surface area contributed by atoms with E-state index in [0.29, 0.717) is 13.1 Å². The first kappa shape index (κ1) is 16.8. The zero-order valence-corrected chi connectivity index (χ0v) is 8.63. The smallest absolute Gasteiger partial charge is 1.00 e. The number of carboxylic acid groups (broad SMARTS) is 1. The van der Waals surface area contributed by atoms with E-state index < -0.39 is 5.97 Å². The first-order chi connectivity index (χ1) is 4.18. The third-order valence-corrected chi connectivity index (χ3v) is 0.469. The van der Waals surface area contributed by atoms with Crippen molar-refractivity contribution in [3.8, 4) is 0 Å². The van der Waals surface area contributed by atoms with Gasteiger partial charge in [-0.2, -0.15) is 0 Å². The van der Waals surface area contributed by atoms with Crippen molar-refractivity contribution in [2.75, 3.05) is 13.1 Å². The number of hydrogen-bond donors (Lipinski definition) is 3. The average molecular weight is 158 g/mol. The van der Waals surface area contributed by atoms with Crippen LogP contribution in [0.3, 0.4) is 0 Å². The van der Waals surface area contributed by atoms with Crippen molar-refractivity contribution >= 4 is 5.97 Å². The summed E-state index contributed by atoms with van der Waals surface area (Å²) in [7, 11) is 0. The predicted molar refractivity (Wildman–Crippen MR) is 37.1 cm³/mol. The van der Waals surface area contributed by atoms with E-state index in [1.165, 1.54) is 0 Å². The monoisotopic (exact) mass is 158 g/mol. The normalized spacial score (nSPS) is 6.70. The van der Waals surface area contributed by atoms with Crippen LogP contribution in [-0.4, -0.2) is 24.2 Å². The minimum absolute atomic E-state index is 0. The Morgan fingerprint density at radius 1 is 1.50 bits per heavy atom. The van der Waals surface area contributed by atoms with Crippen LogP contribution in [-0.2, 0) is 4.79 Å². The van der Waals surface area contributed by atoms with Gasteiger partial charge in [-0.3, -0.25) is 4.79 Å². The molecule has 0 radical (unpaired) electrons. The summed E-state index contributed by atoms with van der Waals surface area (Å²) in [6.07, 6.45) is 0.222. The molecule has 10 heavy (non-hydrogen) atoms. The van der Waals surface area contributed by atoms with Crippen LogP contribution in [0.1, 0.15) is 14.8 Å². The summed E-state index contributed by atoms with van der Waals surface area (Å²) in [6.45, 7) is 2.79. The summed E-state index contributed by atoms with van der Waals surface area (Å²) in [5.41, 5.74) is 9.81. The molecule has 0 heterocycles. The van der Waals surface area contributed by atoms with E-state index in [0.717, 1.165) is 0 Å². The van der Waals surface area contributed by atoms with E-state index in [2.05, 4.69) is 0 Å². The Balaban J connectivity index is -0.0000000383. The molecule has 0 aromatic carbocycles. The fourth-order valence-corrected chi connectivity index (χ4v) is 0. The maximum Gasteiger partial charge on any atom is 1.00 e. The number of rotatable bonds is 2. The van der Waals surface area contributed by atoms with Crippen molar-refractivity contribution in [2.45, 2.75) is 13.3 Å². The van der Waals surface area contributed by atoms with Gasteiger partial charge in [-0.05, 0) is 0 Å². The van der Waals surface area contributed by atoms with Gasteiger partial charge in [-0.15, -0.1) is 0 Å². The summed E-state index contributed by atoms with van der Waals surface area (Å²) < 4.78 is 0. The fraction of sp³-hybridized carbons (Fsp3) is 0.800. The number of hydrogen-bond acceptors (Lipinski definition) is 3. The maximum atomic E-state index is 9.37. The van der Waals surface area contributed by atoms with Crippen LogP contribution in [0, 0.1) is 0 Å². The van der Waals surface area contributed by atoms with Gasteiger partial charge in [-0.25, -0.2) is 0 Å². The molecule has 0 unspecified atom stereocenters. The van der Waals surface area contributed by atoms with Crippen LogP contribution in [0.2, 0.25) is 0 Å². The molecule has 5 N–H and O–H groups in total. The minimum atomic E-state index is -0.745. The van der Waals surface area contributed by atoms with Crippen LogP contribution < -0.4 is 41.0 Å². The maximum absolute atomic E-state index is 9.37. The predicted octanol–water partition coefficient (Wildman–Crippen LogP) is -3.50. The van der Waals surface area contributed by atoms with Gasteiger partial charge < -0.3 is 18.0 Å². The number of nitrogens with two attached hydrogens (primary N) is 2. The molecule has 58 valence electrons. The molecule has 0 aromatic heterocycles. The van der Waals surface area contributed by atoms with Gasteiger partial charge in [-0.1, -0.05) is 6.92 Å². The Labute approximate surface area is 84.7 Å². The van der Waals surface area contributed by atoms with Crippen LogP contribution in [0.25, 0.3) is 0 Å². The van der Waals surface area contributed by atoms with Gasteiger partial charge in [0.05, 0.1) is 0 Å². The van der Waals surface area contributed by atoms with Gasteiger partial charge in [0, 0.05) is 19.5 Å². The number of carboxylic acids is 1. The van der Waals surface area contributed by atoms with Gasteiger partial charge in [0.2, 0.25) is 0 Å². The Bertz CT molecular complexity index is 73.5. The Morgan fingerprint density at radius 3 is 1.70 bits per heavy atom. The number of aliphatic carboxylic acids is 1. The molecular weight excluding hydrogens is 143 g/mol. The second kappa shape index (κ2) is 16.2. The number of carbonyl (C=O) groups is 1. The van der Waals surface area contributed by atoms with Crippen LogP contribution in [0.4, 0.5) is 0 Å². The third kappa shape index (κ3) is 39.9. The summed E-state index contributed by atoms with van der Waals surface area (Å²) in [6, 6.07) is 0. The van der Waals surface area contributed by atoms with Crippen molar-refractivity contribution in [3.63, 3.8) is 0 Å². The molecule has 4 nitrogen and oxygen atoms in total. The molecule has 0 rings (SSSR count). The van der Waals surface area contributed by atoms with Crippen molar-refractivity contribution in [1.82, 2.24) is 0 Å². The molecule has 0 aliphatic heterocycles. The summed E-state index contributed by atoms with van der Waals surface area (Å²) in [4.78, 5) is 9.37. The SMILES string of the molecule is CCC(=O)O.NCCN.[H-].[Na+]. The molecule has 0 saturated heterocycles. The van der Waals surface area contributed by atoms with Gasteiger partial charge in [0.1, 0.15) is 0 Å². The molecule has 0 atom stereocenters. The van der Waals surface area contributed by atoms with Crippen molar-refractivity contribution in [2.24, 2.45) is 11.5 Å². The Hall–Kier alpha value is 0.390. The molecule has 0 saturated carbocycles. The van der Waals surface area contributed by atoms with Crippen LogP contribution in [0.5, 0.6) is 0 Å². The van der Waals surface area contributed by atoms with E-state index in [4.69, 9.17) is 16.6 Å². The first-order valence-electron chi connectivity index (χ1n) is 2.80. The average Bonchev–Trinajstić information content (AvgIpc) is 1.89. The molecule has 0 aliphatic rings. The Morgan fingerprint density at radius 2 is 1.70 bits per heavy atom. The van der Waals surface area contributed by atoms with E-state index in [1.807, 2.05) is 0 Å². The van der Waals surface area contributed by atoms with Crippen LogP contribution >= 0.6 is 0 Å². The quantitative estimate of drug-likeness (QED) is 0.364. The summed E-state index contributed by atoms with van der Waals surface area (Å²) >= 11 is 0. The second-order valence-corrected chi connectivity index (χ2v) is 1.32. The standard InChI is InChI=1S/C3H6O2.C2H8N2.Na.H/c1-2-3(4)5;3-1-2-4;;/h2H2,1H3,(H,4,5);1-4H2;;/q;;+1;-1. The van der Waals surface area contributed by atoms with Gasteiger partial charge in [0.15, 0.2) is 0 Å². The van der Waals surface area contributed by atoms with Crippen molar-refractivity contribution < 1.29 is 40.9 Å². The van der Waals surface area contributed by atoms with Crippen molar-refractivity contribution in [3.05, 3.63) is 0 Å². The zero-order chi connectivity index (χ0) is 7.70. The molecule has 0 aliphatic carbocycles. The van der Waals surface area contributed by atoms with Crippen LogP contribution in [0.15, 0.2) is 0 Å². The van der Waals surface area contributed by atoms with Gasteiger partial charge in [0.25, 0.3) is 0 Å². The Kier molecular flexibility index (Phi) is 27.2. The topological polar surface area (TPSA) is 89.3 Å².